The molecule has 1 heterocycles. The average Bonchev–Trinajstić information content (AvgIpc) is 2.47. The molecule has 1 aromatic carbocycles. The number of ether oxygens (including phenoxy) is 1. The quantitative estimate of drug-likeness (QED) is 0.393. The summed E-state index contributed by atoms with van der Waals surface area (Å²) in [4.78, 5) is 0. The van der Waals surface area contributed by atoms with Crippen molar-refractivity contribution in [3.05, 3.63) is 47.2 Å². The van der Waals surface area contributed by atoms with Crippen molar-refractivity contribution in [2.24, 2.45) is 10.9 Å². The van der Waals surface area contributed by atoms with Gasteiger partial charge in [-0.05, 0) is 31.2 Å². The van der Waals surface area contributed by atoms with Crippen LogP contribution in [0.1, 0.15) is 16.8 Å². The highest BCUT2D eigenvalue weighted by atomic mass is 19.4. The van der Waals surface area contributed by atoms with Crippen LogP contribution in [0, 0.1) is 6.92 Å². The SMILES string of the molecule is Cc1cc(/C(N)=N/O)c(Oc2cccc(C(F)(F)F)c2)nn1. The van der Waals surface area contributed by atoms with Gasteiger partial charge in [-0.3, -0.25) is 0 Å². The lowest BCUT2D eigenvalue weighted by Gasteiger charge is -2.11. The van der Waals surface area contributed by atoms with Crippen LogP contribution < -0.4 is 10.5 Å². The van der Waals surface area contributed by atoms with Gasteiger partial charge in [0, 0.05) is 0 Å². The van der Waals surface area contributed by atoms with Gasteiger partial charge in [-0.25, -0.2) is 0 Å². The van der Waals surface area contributed by atoms with Gasteiger partial charge in [-0.15, -0.1) is 5.10 Å². The zero-order valence-electron chi connectivity index (χ0n) is 11.3. The normalized spacial score (nSPS) is 12.3. The van der Waals surface area contributed by atoms with Crippen molar-refractivity contribution in [1.82, 2.24) is 10.2 Å². The lowest BCUT2D eigenvalue weighted by molar-refractivity contribution is -0.137. The van der Waals surface area contributed by atoms with Crippen LogP contribution >= 0.6 is 0 Å². The molecule has 0 radical (unpaired) electrons. The maximum absolute atomic E-state index is 12.7. The number of oxime groups is 1. The molecule has 1 aromatic heterocycles. The Labute approximate surface area is 123 Å². The van der Waals surface area contributed by atoms with Crippen LogP contribution in [0.2, 0.25) is 0 Å². The van der Waals surface area contributed by atoms with Gasteiger partial charge in [-0.2, -0.15) is 18.3 Å². The van der Waals surface area contributed by atoms with E-state index in [0.29, 0.717) is 5.69 Å². The van der Waals surface area contributed by atoms with Crippen LogP contribution in [-0.2, 0) is 6.18 Å². The number of aromatic nitrogens is 2. The smallest absolute Gasteiger partial charge is 0.416 e. The maximum Gasteiger partial charge on any atom is 0.416 e. The van der Waals surface area contributed by atoms with Crippen molar-refractivity contribution in [1.29, 1.82) is 0 Å². The van der Waals surface area contributed by atoms with Gasteiger partial charge < -0.3 is 15.7 Å². The van der Waals surface area contributed by atoms with Gasteiger partial charge in [0.1, 0.15) is 5.75 Å². The van der Waals surface area contributed by atoms with E-state index in [2.05, 4.69) is 15.4 Å². The molecule has 6 nitrogen and oxygen atoms in total. The summed E-state index contributed by atoms with van der Waals surface area (Å²) in [6, 6.07) is 5.69. The lowest BCUT2D eigenvalue weighted by Crippen LogP contribution is -2.16. The summed E-state index contributed by atoms with van der Waals surface area (Å²) >= 11 is 0. The molecule has 116 valence electrons. The first-order valence-corrected chi connectivity index (χ1v) is 5.98. The lowest BCUT2D eigenvalue weighted by atomic mass is 10.2. The molecule has 9 heteroatoms. The van der Waals surface area contributed by atoms with Crippen LogP contribution in [0.5, 0.6) is 11.6 Å². The monoisotopic (exact) mass is 312 g/mol. The minimum atomic E-state index is -4.49. The number of hydrogen-bond acceptors (Lipinski definition) is 5. The van der Waals surface area contributed by atoms with Crippen molar-refractivity contribution in [2.75, 3.05) is 0 Å². The van der Waals surface area contributed by atoms with Gasteiger partial charge in [0.05, 0.1) is 16.8 Å². The molecule has 22 heavy (non-hydrogen) atoms. The van der Waals surface area contributed by atoms with E-state index in [4.69, 9.17) is 15.7 Å². The third kappa shape index (κ3) is 3.43. The second-order valence-electron chi connectivity index (χ2n) is 4.32. The molecule has 0 aliphatic heterocycles. The number of nitrogens with zero attached hydrogens (tertiary/aromatic N) is 3. The minimum absolute atomic E-state index is 0.0973. The Balaban J connectivity index is 2.40. The van der Waals surface area contributed by atoms with E-state index in [1.54, 1.807) is 6.92 Å². The highest BCUT2D eigenvalue weighted by Crippen LogP contribution is 2.32. The summed E-state index contributed by atoms with van der Waals surface area (Å²) in [6.45, 7) is 1.62. The summed E-state index contributed by atoms with van der Waals surface area (Å²) < 4.78 is 43.3. The molecular formula is C13H11F3N4O2. The van der Waals surface area contributed by atoms with Gasteiger partial charge in [0.2, 0.25) is 5.88 Å². The summed E-state index contributed by atoms with van der Waals surface area (Å²) in [5, 5.41) is 19.0. The molecule has 2 rings (SSSR count). The highest BCUT2D eigenvalue weighted by Gasteiger charge is 2.30. The van der Waals surface area contributed by atoms with E-state index in [1.165, 1.54) is 18.2 Å². The van der Waals surface area contributed by atoms with E-state index in [-0.39, 0.29) is 23.0 Å². The van der Waals surface area contributed by atoms with Gasteiger partial charge in [0.25, 0.3) is 0 Å². The molecule has 0 fully saturated rings. The number of halogens is 3. The van der Waals surface area contributed by atoms with Gasteiger partial charge in [-0.1, -0.05) is 11.2 Å². The van der Waals surface area contributed by atoms with Gasteiger partial charge in [0.15, 0.2) is 5.84 Å². The fourth-order valence-corrected chi connectivity index (χ4v) is 1.64. The van der Waals surface area contributed by atoms with E-state index in [9.17, 15) is 13.2 Å². The van der Waals surface area contributed by atoms with E-state index in [0.717, 1.165) is 12.1 Å². The van der Waals surface area contributed by atoms with Crippen LogP contribution in [0.15, 0.2) is 35.5 Å². The van der Waals surface area contributed by atoms with E-state index >= 15 is 0 Å². The van der Waals surface area contributed by atoms with Crippen LogP contribution in [0.4, 0.5) is 13.2 Å². The molecule has 0 bridgehead atoms. The summed E-state index contributed by atoms with van der Waals surface area (Å²) in [6.07, 6.45) is -4.49. The zero-order valence-corrected chi connectivity index (χ0v) is 11.3. The fraction of sp³-hybridized carbons (Fsp3) is 0.154. The van der Waals surface area contributed by atoms with E-state index < -0.39 is 11.7 Å². The van der Waals surface area contributed by atoms with Crippen LogP contribution in [-0.4, -0.2) is 21.2 Å². The first kappa shape index (κ1) is 15.5. The Kier molecular flexibility index (Phi) is 4.15. The van der Waals surface area contributed by atoms with Crippen LogP contribution in [0.3, 0.4) is 0 Å². The maximum atomic E-state index is 12.7. The largest absolute Gasteiger partial charge is 0.437 e. The Hall–Kier alpha value is -2.84. The zero-order chi connectivity index (χ0) is 16.3. The Morgan fingerprint density at radius 1 is 1.27 bits per heavy atom. The van der Waals surface area contributed by atoms with Crippen molar-refractivity contribution in [3.8, 4) is 11.6 Å². The number of nitrogens with two attached hydrogens (primary N) is 1. The first-order chi connectivity index (χ1) is 10.3. The summed E-state index contributed by atoms with van der Waals surface area (Å²) in [5.41, 5.74) is 5.21. The molecule has 3 N–H and O–H groups in total. The molecule has 0 spiro atoms. The molecule has 0 amide bonds. The molecule has 0 atom stereocenters. The molecule has 2 aromatic rings. The highest BCUT2D eigenvalue weighted by molar-refractivity contribution is 5.99. The molecule has 0 saturated heterocycles. The average molecular weight is 312 g/mol. The van der Waals surface area contributed by atoms with Crippen molar-refractivity contribution >= 4 is 5.84 Å². The molecule has 0 unspecified atom stereocenters. The first-order valence-electron chi connectivity index (χ1n) is 5.98. The fourth-order valence-electron chi connectivity index (χ4n) is 1.64. The van der Waals surface area contributed by atoms with Gasteiger partial charge >= 0.3 is 6.18 Å². The number of hydrogen-bond donors (Lipinski definition) is 2. The number of benzene rings is 1. The van der Waals surface area contributed by atoms with Crippen LogP contribution in [0.25, 0.3) is 0 Å². The predicted molar refractivity (Wildman–Crippen MR) is 70.8 cm³/mol. The number of rotatable bonds is 3. The van der Waals surface area contributed by atoms with E-state index in [1.807, 2.05) is 0 Å². The second kappa shape index (κ2) is 5.88. The van der Waals surface area contributed by atoms with Crippen molar-refractivity contribution < 1.29 is 23.1 Å². The topological polar surface area (TPSA) is 93.6 Å². The van der Waals surface area contributed by atoms with Crippen molar-refractivity contribution in [2.45, 2.75) is 13.1 Å². The number of aryl methyl sites for hydroxylation is 1. The van der Waals surface area contributed by atoms with Crippen molar-refractivity contribution in [3.63, 3.8) is 0 Å². The second-order valence-corrected chi connectivity index (χ2v) is 4.32. The number of amidine groups is 1. The minimum Gasteiger partial charge on any atom is -0.437 e. The molecule has 0 aliphatic carbocycles. The molecule has 0 saturated carbocycles. The third-order valence-corrected chi connectivity index (χ3v) is 2.64. The summed E-state index contributed by atoms with van der Waals surface area (Å²) in [7, 11) is 0. The molecular weight excluding hydrogens is 301 g/mol. The third-order valence-electron chi connectivity index (χ3n) is 2.64. The Morgan fingerprint density at radius 3 is 2.64 bits per heavy atom. The molecule has 0 aliphatic rings. The Morgan fingerprint density at radius 2 is 2.00 bits per heavy atom. The standard InChI is InChI=1S/C13H11F3N4O2/c1-7-5-10(11(17)20-21)12(19-18-7)22-9-4-2-3-8(6-9)13(14,15)16/h2-6,21H,1H3,(H2,17,20). The predicted octanol–water partition coefficient (Wildman–Crippen LogP) is 2.69. The number of alkyl halides is 3. The summed E-state index contributed by atoms with van der Waals surface area (Å²) in [5.74, 6) is -0.555. The Bertz CT molecular complexity index is 717.